The lowest BCUT2D eigenvalue weighted by molar-refractivity contribution is 0.0838. The predicted octanol–water partition coefficient (Wildman–Crippen LogP) is 2.52. The second-order valence-corrected chi connectivity index (χ2v) is 4.96. The topological polar surface area (TPSA) is 96.2 Å². The molecule has 6 nitrogen and oxygen atoms in total. The fourth-order valence-corrected chi connectivity index (χ4v) is 2.60. The van der Waals surface area contributed by atoms with E-state index >= 15 is 0 Å². The van der Waals surface area contributed by atoms with Crippen LogP contribution in [0.2, 0.25) is 0 Å². The molecule has 114 valence electrons. The van der Waals surface area contributed by atoms with Crippen LogP contribution in [0.15, 0.2) is 30.3 Å². The summed E-state index contributed by atoms with van der Waals surface area (Å²) in [7, 11) is 1.39. The Balaban J connectivity index is 2.08. The molecule has 22 heavy (non-hydrogen) atoms. The molecule has 0 saturated heterocycles. The smallest absolute Gasteiger partial charge is 0.174 e. The largest absolute Gasteiger partial charge is 0.508 e. The minimum absolute atomic E-state index is 0.0563. The van der Waals surface area contributed by atoms with Crippen LogP contribution in [0, 0.1) is 0 Å². The van der Waals surface area contributed by atoms with E-state index in [9.17, 15) is 20.1 Å². The van der Waals surface area contributed by atoms with Crippen molar-refractivity contribution in [2.75, 3.05) is 7.11 Å². The maximum Gasteiger partial charge on any atom is 0.174 e. The van der Waals surface area contributed by atoms with Crippen molar-refractivity contribution >= 4 is 5.78 Å². The Morgan fingerprint density at radius 3 is 2.50 bits per heavy atom. The van der Waals surface area contributed by atoms with Gasteiger partial charge in [-0.2, -0.15) is 0 Å². The number of methoxy groups -OCH3 is 1. The molecule has 2 aromatic carbocycles. The van der Waals surface area contributed by atoms with E-state index in [-0.39, 0.29) is 52.1 Å². The normalized spacial score (nSPS) is 16.8. The van der Waals surface area contributed by atoms with Gasteiger partial charge in [-0.1, -0.05) is 6.07 Å². The van der Waals surface area contributed by atoms with Crippen LogP contribution >= 0.6 is 0 Å². The highest BCUT2D eigenvalue weighted by Gasteiger charge is 2.33. The minimum Gasteiger partial charge on any atom is -0.508 e. The standard InChI is InChI=1S/C16H14O6/c1-21-12-5-8(17)6-13-16(12)11(20)7-14(22-13)15-9(18)3-2-4-10(15)19/h2-6,14,17-19H,7H2,1H3. The van der Waals surface area contributed by atoms with Crippen LogP contribution < -0.4 is 9.47 Å². The van der Waals surface area contributed by atoms with Crippen molar-refractivity contribution in [1.29, 1.82) is 0 Å². The van der Waals surface area contributed by atoms with Gasteiger partial charge in [-0.05, 0) is 12.1 Å². The monoisotopic (exact) mass is 302 g/mol. The van der Waals surface area contributed by atoms with Gasteiger partial charge >= 0.3 is 0 Å². The summed E-state index contributed by atoms with van der Waals surface area (Å²) in [6.07, 6.45) is -0.896. The SMILES string of the molecule is COc1cc(O)cc2c1C(=O)CC(c1c(O)cccc1O)O2. The van der Waals surface area contributed by atoms with Crippen molar-refractivity contribution in [3.05, 3.63) is 41.5 Å². The molecule has 1 aliphatic heterocycles. The zero-order valence-electron chi connectivity index (χ0n) is 11.7. The lowest BCUT2D eigenvalue weighted by Gasteiger charge is -2.27. The molecule has 0 aliphatic carbocycles. The van der Waals surface area contributed by atoms with E-state index in [1.807, 2.05) is 0 Å². The summed E-state index contributed by atoms with van der Waals surface area (Å²) >= 11 is 0. The molecule has 0 spiro atoms. The van der Waals surface area contributed by atoms with Crippen molar-refractivity contribution in [2.24, 2.45) is 0 Å². The third-order valence-corrected chi connectivity index (χ3v) is 3.57. The van der Waals surface area contributed by atoms with Gasteiger partial charge in [0.15, 0.2) is 5.78 Å². The van der Waals surface area contributed by atoms with Gasteiger partial charge in [-0.3, -0.25) is 4.79 Å². The van der Waals surface area contributed by atoms with Gasteiger partial charge in [0, 0.05) is 12.1 Å². The van der Waals surface area contributed by atoms with Gasteiger partial charge in [0.1, 0.15) is 40.4 Å². The first-order valence-electron chi connectivity index (χ1n) is 6.63. The first-order chi connectivity index (χ1) is 10.5. The van der Waals surface area contributed by atoms with Crippen molar-refractivity contribution < 1.29 is 29.6 Å². The maximum absolute atomic E-state index is 12.4. The Labute approximate surface area is 126 Å². The lowest BCUT2D eigenvalue weighted by atomic mass is 9.94. The Morgan fingerprint density at radius 1 is 1.18 bits per heavy atom. The van der Waals surface area contributed by atoms with E-state index in [0.29, 0.717) is 0 Å². The molecule has 1 heterocycles. The predicted molar refractivity (Wildman–Crippen MR) is 76.7 cm³/mol. The van der Waals surface area contributed by atoms with Crippen LogP contribution in [0.4, 0.5) is 0 Å². The van der Waals surface area contributed by atoms with Crippen LogP contribution in [0.5, 0.6) is 28.7 Å². The van der Waals surface area contributed by atoms with Crippen LogP contribution in [-0.4, -0.2) is 28.2 Å². The first kappa shape index (κ1) is 14.1. The molecule has 1 atom stereocenters. The van der Waals surface area contributed by atoms with Crippen LogP contribution in [0.3, 0.4) is 0 Å². The first-order valence-corrected chi connectivity index (χ1v) is 6.63. The molecular formula is C16H14O6. The van der Waals surface area contributed by atoms with Gasteiger partial charge in [-0.25, -0.2) is 0 Å². The highest BCUT2D eigenvalue weighted by molar-refractivity contribution is 6.03. The Kier molecular flexibility index (Phi) is 3.29. The highest BCUT2D eigenvalue weighted by atomic mass is 16.5. The number of fused-ring (bicyclic) bond motifs is 1. The number of carbonyl (C=O) groups excluding carboxylic acids is 1. The molecule has 2 aromatic rings. The number of phenolic OH excluding ortho intramolecular Hbond substituents is 3. The third-order valence-electron chi connectivity index (χ3n) is 3.57. The molecule has 1 aliphatic rings. The van der Waals surface area contributed by atoms with E-state index in [1.165, 1.54) is 37.4 Å². The van der Waals surface area contributed by atoms with Crippen molar-refractivity contribution in [1.82, 2.24) is 0 Å². The number of ether oxygens (including phenoxy) is 2. The average molecular weight is 302 g/mol. The molecule has 0 fully saturated rings. The van der Waals surface area contributed by atoms with E-state index in [2.05, 4.69) is 0 Å². The van der Waals surface area contributed by atoms with Gasteiger partial charge in [0.05, 0.1) is 19.1 Å². The molecule has 6 heteroatoms. The molecule has 0 radical (unpaired) electrons. The highest BCUT2D eigenvalue weighted by Crippen LogP contribution is 2.45. The van der Waals surface area contributed by atoms with Gasteiger partial charge in [0.2, 0.25) is 0 Å². The van der Waals surface area contributed by atoms with Crippen molar-refractivity contribution in [3.8, 4) is 28.7 Å². The Hall–Kier alpha value is -2.89. The molecule has 0 bridgehead atoms. The molecule has 1 unspecified atom stereocenters. The average Bonchev–Trinajstić information content (AvgIpc) is 2.45. The molecule has 3 rings (SSSR count). The number of ketones is 1. The summed E-state index contributed by atoms with van der Waals surface area (Å²) in [4.78, 5) is 12.4. The minimum atomic E-state index is -0.840. The van der Waals surface area contributed by atoms with Crippen molar-refractivity contribution in [2.45, 2.75) is 12.5 Å². The molecule has 0 saturated carbocycles. The zero-order chi connectivity index (χ0) is 15.9. The number of carbonyl (C=O) groups is 1. The maximum atomic E-state index is 12.4. The summed E-state index contributed by atoms with van der Waals surface area (Å²) in [6.45, 7) is 0. The summed E-state index contributed by atoms with van der Waals surface area (Å²) in [5, 5.41) is 29.5. The lowest BCUT2D eigenvalue weighted by Crippen LogP contribution is -2.21. The molecular weight excluding hydrogens is 288 g/mol. The third kappa shape index (κ3) is 2.18. The number of benzene rings is 2. The van der Waals surface area contributed by atoms with Crippen molar-refractivity contribution in [3.63, 3.8) is 0 Å². The molecule has 3 N–H and O–H groups in total. The van der Waals surface area contributed by atoms with Crippen LogP contribution in [0.1, 0.15) is 28.4 Å². The van der Waals surface area contributed by atoms with Crippen LogP contribution in [0.25, 0.3) is 0 Å². The number of rotatable bonds is 2. The Morgan fingerprint density at radius 2 is 1.86 bits per heavy atom. The summed E-state index contributed by atoms with van der Waals surface area (Å²) in [5.74, 6) is -0.307. The van der Waals surface area contributed by atoms with Gasteiger partial charge in [-0.15, -0.1) is 0 Å². The number of Topliss-reactive ketones (excluding diaryl/α,β-unsaturated/α-hetero) is 1. The quantitative estimate of drug-likeness (QED) is 0.789. The number of aromatic hydroxyl groups is 3. The second-order valence-electron chi connectivity index (χ2n) is 4.96. The Bertz CT molecular complexity index is 732. The van der Waals surface area contributed by atoms with Gasteiger partial charge < -0.3 is 24.8 Å². The van der Waals surface area contributed by atoms with Gasteiger partial charge in [0.25, 0.3) is 0 Å². The second kappa shape index (κ2) is 5.14. The van der Waals surface area contributed by atoms with Crippen LogP contribution in [-0.2, 0) is 0 Å². The summed E-state index contributed by atoms with van der Waals surface area (Å²) in [5.41, 5.74) is 0.385. The fraction of sp³-hybridized carbons (Fsp3) is 0.188. The number of hydrogen-bond acceptors (Lipinski definition) is 6. The summed E-state index contributed by atoms with van der Waals surface area (Å²) in [6, 6.07) is 6.93. The van der Waals surface area contributed by atoms with E-state index in [4.69, 9.17) is 9.47 Å². The molecule has 0 aromatic heterocycles. The zero-order valence-corrected chi connectivity index (χ0v) is 11.7. The van der Waals surface area contributed by atoms with E-state index < -0.39 is 6.10 Å². The van der Waals surface area contributed by atoms with E-state index in [0.717, 1.165) is 0 Å². The number of hydrogen-bond donors (Lipinski definition) is 3. The van der Waals surface area contributed by atoms with E-state index in [1.54, 1.807) is 0 Å². The fourth-order valence-electron chi connectivity index (χ4n) is 2.60. The molecule has 0 amide bonds. The number of phenols is 3. The summed E-state index contributed by atoms with van der Waals surface area (Å²) < 4.78 is 10.8.